The van der Waals surface area contributed by atoms with Gasteiger partial charge in [0.2, 0.25) is 5.91 Å². The van der Waals surface area contributed by atoms with Crippen LogP contribution in [0.5, 0.6) is 0 Å². The number of amides is 2. The molecule has 0 spiro atoms. The summed E-state index contributed by atoms with van der Waals surface area (Å²) in [5.74, 6) is 0.283. The van der Waals surface area contributed by atoms with Gasteiger partial charge in [0, 0.05) is 31.1 Å². The molecule has 0 aromatic heterocycles. The lowest BCUT2D eigenvalue weighted by Gasteiger charge is -2.31. The van der Waals surface area contributed by atoms with Crippen molar-refractivity contribution in [3.05, 3.63) is 34.9 Å². The maximum atomic E-state index is 12.6. The number of piperidine rings is 1. The molecule has 23 heavy (non-hydrogen) atoms. The molecule has 1 heterocycles. The quantitative estimate of drug-likeness (QED) is 0.849. The Hall–Kier alpha value is -1.84. The fourth-order valence-electron chi connectivity index (χ4n) is 2.93. The molecule has 1 aliphatic heterocycles. The second-order valence-corrected chi connectivity index (χ2v) is 6.51. The first kappa shape index (κ1) is 17.5. The Morgan fingerprint density at radius 2 is 1.87 bits per heavy atom. The Bertz CT molecular complexity index is 560. The predicted octanol–water partition coefficient (Wildman–Crippen LogP) is 3.07. The zero-order chi connectivity index (χ0) is 16.8. The Kier molecular flexibility index (Phi) is 6.20. The van der Waals surface area contributed by atoms with Gasteiger partial charge in [0.25, 0.3) is 5.91 Å². The molecule has 1 aromatic carbocycles. The molecule has 4 heteroatoms. The summed E-state index contributed by atoms with van der Waals surface area (Å²) in [6.45, 7) is 8.28. The summed E-state index contributed by atoms with van der Waals surface area (Å²) in [6, 6.07) is 5.85. The van der Waals surface area contributed by atoms with Crippen molar-refractivity contribution in [3.63, 3.8) is 0 Å². The molecule has 1 aliphatic rings. The average molecular weight is 316 g/mol. The van der Waals surface area contributed by atoms with E-state index < -0.39 is 0 Å². The van der Waals surface area contributed by atoms with Crippen LogP contribution in [0.1, 0.15) is 54.1 Å². The Morgan fingerprint density at radius 3 is 2.48 bits per heavy atom. The Labute approximate surface area is 139 Å². The van der Waals surface area contributed by atoms with Crippen molar-refractivity contribution in [2.24, 2.45) is 5.92 Å². The van der Waals surface area contributed by atoms with Crippen LogP contribution in [0.3, 0.4) is 0 Å². The van der Waals surface area contributed by atoms with E-state index in [0.717, 1.165) is 43.4 Å². The molecule has 4 nitrogen and oxygen atoms in total. The minimum atomic E-state index is 0.0515. The smallest absolute Gasteiger partial charge is 0.253 e. The van der Waals surface area contributed by atoms with Crippen LogP contribution in [0.4, 0.5) is 0 Å². The molecule has 2 amide bonds. The molecule has 0 radical (unpaired) electrons. The molecule has 0 unspecified atom stereocenters. The minimum Gasteiger partial charge on any atom is -0.356 e. The maximum absolute atomic E-state index is 12.6. The number of hydrogen-bond acceptors (Lipinski definition) is 2. The van der Waals surface area contributed by atoms with Crippen molar-refractivity contribution in [2.45, 2.75) is 46.5 Å². The van der Waals surface area contributed by atoms with Crippen LogP contribution in [0, 0.1) is 19.8 Å². The number of rotatable bonds is 5. The predicted molar refractivity (Wildman–Crippen MR) is 92.5 cm³/mol. The van der Waals surface area contributed by atoms with E-state index in [4.69, 9.17) is 0 Å². The van der Waals surface area contributed by atoms with Crippen LogP contribution in [0.15, 0.2) is 18.2 Å². The highest BCUT2D eigenvalue weighted by atomic mass is 16.2. The lowest BCUT2D eigenvalue weighted by molar-refractivity contribution is -0.126. The normalized spacial score (nSPS) is 15.5. The van der Waals surface area contributed by atoms with Gasteiger partial charge in [-0.05, 0) is 56.4 Å². The zero-order valence-electron chi connectivity index (χ0n) is 14.5. The van der Waals surface area contributed by atoms with Gasteiger partial charge >= 0.3 is 0 Å². The summed E-state index contributed by atoms with van der Waals surface area (Å²) in [6.07, 6.45) is 3.63. The molecule has 0 aliphatic carbocycles. The molecule has 2 rings (SSSR count). The van der Waals surface area contributed by atoms with Crippen LogP contribution in [0.25, 0.3) is 0 Å². The van der Waals surface area contributed by atoms with Crippen molar-refractivity contribution < 1.29 is 9.59 Å². The third-order valence-electron chi connectivity index (χ3n) is 4.74. The maximum Gasteiger partial charge on any atom is 0.253 e. The Morgan fingerprint density at radius 1 is 1.17 bits per heavy atom. The Balaban J connectivity index is 1.87. The van der Waals surface area contributed by atoms with E-state index in [-0.39, 0.29) is 17.7 Å². The summed E-state index contributed by atoms with van der Waals surface area (Å²) in [5.41, 5.74) is 3.09. The molecule has 1 N–H and O–H groups in total. The summed E-state index contributed by atoms with van der Waals surface area (Å²) in [4.78, 5) is 26.5. The zero-order valence-corrected chi connectivity index (χ0v) is 14.5. The van der Waals surface area contributed by atoms with Gasteiger partial charge in [-0.15, -0.1) is 0 Å². The first-order chi connectivity index (χ1) is 11.0. The van der Waals surface area contributed by atoms with Crippen molar-refractivity contribution in [1.82, 2.24) is 10.2 Å². The number of aryl methyl sites for hydroxylation is 2. The summed E-state index contributed by atoms with van der Waals surface area (Å²) >= 11 is 0. The number of benzene rings is 1. The largest absolute Gasteiger partial charge is 0.356 e. The first-order valence-electron chi connectivity index (χ1n) is 8.67. The minimum absolute atomic E-state index is 0.0515. The van der Waals surface area contributed by atoms with Gasteiger partial charge in [0.05, 0.1) is 0 Å². The number of hydrogen-bond donors (Lipinski definition) is 1. The third kappa shape index (κ3) is 4.57. The highest BCUT2D eigenvalue weighted by Crippen LogP contribution is 2.20. The third-order valence-corrected chi connectivity index (χ3v) is 4.74. The van der Waals surface area contributed by atoms with E-state index in [1.165, 1.54) is 5.56 Å². The number of carbonyl (C=O) groups excluding carboxylic acids is 2. The van der Waals surface area contributed by atoms with Crippen LogP contribution in [-0.4, -0.2) is 36.3 Å². The van der Waals surface area contributed by atoms with E-state index in [2.05, 4.69) is 12.2 Å². The topological polar surface area (TPSA) is 49.4 Å². The van der Waals surface area contributed by atoms with Gasteiger partial charge in [-0.3, -0.25) is 9.59 Å². The van der Waals surface area contributed by atoms with Gasteiger partial charge in [0.15, 0.2) is 0 Å². The molecule has 1 fully saturated rings. The van der Waals surface area contributed by atoms with Crippen LogP contribution in [0.2, 0.25) is 0 Å². The number of likely N-dealkylation sites (tertiary alicyclic amines) is 1. The molecule has 0 bridgehead atoms. The number of carbonyl (C=O) groups is 2. The summed E-state index contributed by atoms with van der Waals surface area (Å²) < 4.78 is 0. The second-order valence-electron chi connectivity index (χ2n) is 6.51. The standard InChI is InChI=1S/C19H28N2O2/c1-4-5-10-20-18(22)16-8-11-21(12-9-16)19(23)17-7-6-14(2)15(3)13-17/h6-7,13,16H,4-5,8-12H2,1-3H3,(H,20,22). The van der Waals surface area contributed by atoms with E-state index in [0.29, 0.717) is 13.1 Å². The molecule has 1 saturated heterocycles. The van der Waals surface area contributed by atoms with Crippen molar-refractivity contribution >= 4 is 11.8 Å². The van der Waals surface area contributed by atoms with Gasteiger partial charge in [-0.1, -0.05) is 19.4 Å². The molecular formula is C19H28N2O2. The van der Waals surface area contributed by atoms with Crippen LogP contribution < -0.4 is 5.32 Å². The van der Waals surface area contributed by atoms with E-state index in [1.807, 2.05) is 36.9 Å². The monoisotopic (exact) mass is 316 g/mol. The van der Waals surface area contributed by atoms with Gasteiger partial charge < -0.3 is 10.2 Å². The molecule has 1 aromatic rings. The van der Waals surface area contributed by atoms with Gasteiger partial charge in [-0.2, -0.15) is 0 Å². The molecular weight excluding hydrogens is 288 g/mol. The van der Waals surface area contributed by atoms with Gasteiger partial charge in [0.1, 0.15) is 0 Å². The van der Waals surface area contributed by atoms with E-state index >= 15 is 0 Å². The average Bonchev–Trinajstić information content (AvgIpc) is 2.57. The fraction of sp³-hybridized carbons (Fsp3) is 0.579. The molecule has 0 saturated carbocycles. The van der Waals surface area contributed by atoms with Crippen molar-refractivity contribution in [1.29, 1.82) is 0 Å². The highest BCUT2D eigenvalue weighted by molar-refractivity contribution is 5.94. The SMILES string of the molecule is CCCCNC(=O)C1CCN(C(=O)c2ccc(C)c(C)c2)CC1. The van der Waals surface area contributed by atoms with Crippen LogP contribution >= 0.6 is 0 Å². The summed E-state index contributed by atoms with van der Waals surface area (Å²) in [7, 11) is 0. The highest BCUT2D eigenvalue weighted by Gasteiger charge is 2.27. The fourth-order valence-corrected chi connectivity index (χ4v) is 2.93. The van der Waals surface area contributed by atoms with Crippen molar-refractivity contribution in [3.8, 4) is 0 Å². The van der Waals surface area contributed by atoms with E-state index in [9.17, 15) is 9.59 Å². The van der Waals surface area contributed by atoms with Crippen LogP contribution in [-0.2, 0) is 4.79 Å². The second kappa shape index (κ2) is 8.14. The number of unbranched alkanes of at least 4 members (excludes halogenated alkanes) is 1. The lowest BCUT2D eigenvalue weighted by Crippen LogP contribution is -2.43. The van der Waals surface area contributed by atoms with Gasteiger partial charge in [-0.25, -0.2) is 0 Å². The lowest BCUT2D eigenvalue weighted by atomic mass is 9.95. The first-order valence-corrected chi connectivity index (χ1v) is 8.67. The van der Waals surface area contributed by atoms with Crippen molar-refractivity contribution in [2.75, 3.05) is 19.6 Å². The molecule has 126 valence electrons. The summed E-state index contributed by atoms with van der Waals surface area (Å²) in [5, 5.41) is 3.00. The molecule has 0 atom stereocenters. The van der Waals surface area contributed by atoms with E-state index in [1.54, 1.807) is 0 Å². The number of nitrogens with zero attached hydrogens (tertiary/aromatic N) is 1. The number of nitrogens with one attached hydrogen (secondary N) is 1.